The van der Waals surface area contributed by atoms with Gasteiger partial charge < -0.3 is 10.4 Å². The summed E-state index contributed by atoms with van der Waals surface area (Å²) in [4.78, 5) is 23.2. The molecule has 2 N–H and O–H groups in total. The van der Waals surface area contributed by atoms with Crippen LogP contribution in [0.25, 0.3) is 0 Å². The molecule has 0 aliphatic rings. The molecule has 1 rings (SSSR count). The molecule has 1 aromatic carbocycles. The van der Waals surface area contributed by atoms with E-state index in [1.807, 2.05) is 30.3 Å². The Morgan fingerprint density at radius 1 is 1.12 bits per heavy atom. The van der Waals surface area contributed by atoms with E-state index < -0.39 is 12.0 Å². The van der Waals surface area contributed by atoms with Gasteiger partial charge in [-0.1, -0.05) is 36.8 Å². The van der Waals surface area contributed by atoms with Crippen LogP contribution in [-0.2, 0) is 35.5 Å². The molecule has 0 aliphatic carbocycles. The Kier molecular flexibility index (Phi) is 18.4. The maximum Gasteiger partial charge on any atom is 0.326 e. The van der Waals surface area contributed by atoms with E-state index in [2.05, 4.69) is 30.6 Å². The largest absolute Gasteiger partial charge is 0.480 e. The second kappa shape index (κ2) is 16.6. The van der Waals surface area contributed by atoms with E-state index >= 15 is 0 Å². The molecule has 0 spiro atoms. The monoisotopic (exact) mass is 442 g/mol. The van der Waals surface area contributed by atoms with Crippen molar-refractivity contribution in [1.82, 2.24) is 5.32 Å². The van der Waals surface area contributed by atoms with E-state index in [0.717, 1.165) is 37.0 Å². The van der Waals surface area contributed by atoms with Crippen LogP contribution in [0.1, 0.15) is 37.7 Å². The number of carbonyl (C=O) groups excluding carboxylic acids is 1. The summed E-state index contributed by atoms with van der Waals surface area (Å²) < 4.78 is 0. The number of unbranched alkanes of at least 4 members (excludes halogenated alkanes) is 1. The van der Waals surface area contributed by atoms with Gasteiger partial charge in [0.15, 0.2) is 0 Å². The van der Waals surface area contributed by atoms with Crippen molar-refractivity contribution in [2.75, 3.05) is 5.75 Å². The number of hydrogen-bond acceptors (Lipinski definition) is 4. The number of carbonyl (C=O) groups is 2. The molecule has 4 nitrogen and oxygen atoms in total. The van der Waals surface area contributed by atoms with Crippen molar-refractivity contribution in [2.24, 2.45) is 0 Å². The van der Waals surface area contributed by atoms with Gasteiger partial charge in [0.05, 0.1) is 0 Å². The van der Waals surface area contributed by atoms with Crippen LogP contribution in [0.5, 0.6) is 0 Å². The molecular formula is C17H25NNaO3S2Zn. The number of thiol groups is 2. The molecule has 0 aliphatic heterocycles. The van der Waals surface area contributed by atoms with E-state index in [1.54, 1.807) is 0 Å². The van der Waals surface area contributed by atoms with Gasteiger partial charge in [0.2, 0.25) is 5.91 Å². The molecule has 1 radical (unpaired) electrons. The SMILES string of the molecule is O=C(CCCCC(S)CCS)N[C@@H](Cc1ccccc1)C(=O)O.[Na].[Zn]. The molecule has 0 saturated carbocycles. The molecule has 0 saturated heterocycles. The van der Waals surface area contributed by atoms with Gasteiger partial charge in [0.1, 0.15) is 6.04 Å². The first kappa shape index (κ1) is 27.7. The zero-order valence-corrected chi connectivity index (χ0v) is 21.6. The Bertz CT molecular complexity index is 494. The summed E-state index contributed by atoms with van der Waals surface area (Å²) in [6.07, 6.45) is 4.20. The third-order valence-electron chi connectivity index (χ3n) is 3.57. The Morgan fingerprint density at radius 2 is 1.76 bits per heavy atom. The maximum absolute atomic E-state index is 11.9. The van der Waals surface area contributed by atoms with Crippen LogP contribution in [0, 0.1) is 0 Å². The van der Waals surface area contributed by atoms with Crippen LogP contribution >= 0.6 is 25.3 Å². The molecule has 0 fully saturated rings. The minimum Gasteiger partial charge on any atom is -0.480 e. The molecule has 0 heterocycles. The third kappa shape index (κ3) is 13.3. The summed E-state index contributed by atoms with van der Waals surface area (Å²) in [7, 11) is 0. The van der Waals surface area contributed by atoms with Gasteiger partial charge >= 0.3 is 5.97 Å². The van der Waals surface area contributed by atoms with Crippen LogP contribution in [0.3, 0.4) is 0 Å². The summed E-state index contributed by atoms with van der Waals surface area (Å²) in [6, 6.07) is 8.42. The van der Waals surface area contributed by atoms with Crippen LogP contribution < -0.4 is 5.32 Å². The molecule has 1 aromatic rings. The average Bonchev–Trinajstić information content (AvgIpc) is 2.52. The number of hydrogen-bond donors (Lipinski definition) is 4. The third-order valence-corrected chi connectivity index (χ3v) is 4.34. The Balaban J connectivity index is 0. The number of rotatable bonds is 11. The number of aliphatic carboxylic acids is 1. The second-order valence-corrected chi connectivity index (χ2v) is 6.74. The first-order chi connectivity index (χ1) is 11.0. The molecule has 1 amide bonds. The van der Waals surface area contributed by atoms with Crippen LogP contribution in [0.2, 0.25) is 0 Å². The van der Waals surface area contributed by atoms with Crippen molar-refractivity contribution < 1.29 is 34.2 Å². The minimum atomic E-state index is -1.01. The Labute approximate surface area is 196 Å². The summed E-state index contributed by atoms with van der Waals surface area (Å²) in [5, 5.41) is 12.2. The van der Waals surface area contributed by atoms with Crippen molar-refractivity contribution in [2.45, 2.75) is 49.8 Å². The Hall–Kier alpha value is 0.483. The van der Waals surface area contributed by atoms with Gasteiger partial charge in [-0.25, -0.2) is 4.79 Å². The van der Waals surface area contributed by atoms with Crippen LogP contribution in [0.15, 0.2) is 30.3 Å². The fourth-order valence-corrected chi connectivity index (χ4v) is 3.10. The normalized spacial score (nSPS) is 12.2. The molecular weight excluding hydrogens is 419 g/mol. The van der Waals surface area contributed by atoms with E-state index in [9.17, 15) is 14.7 Å². The smallest absolute Gasteiger partial charge is 0.326 e. The van der Waals surface area contributed by atoms with Crippen molar-refractivity contribution >= 4 is 66.7 Å². The van der Waals surface area contributed by atoms with Crippen molar-refractivity contribution in [1.29, 1.82) is 0 Å². The maximum atomic E-state index is 11.9. The molecule has 25 heavy (non-hydrogen) atoms. The summed E-state index contributed by atoms with van der Waals surface area (Å²) in [5.41, 5.74) is 0.893. The number of amides is 1. The van der Waals surface area contributed by atoms with E-state index in [0.29, 0.717) is 18.1 Å². The molecule has 2 atom stereocenters. The molecule has 0 bridgehead atoms. The number of nitrogens with one attached hydrogen (secondary N) is 1. The van der Waals surface area contributed by atoms with E-state index in [-0.39, 0.29) is 54.9 Å². The minimum absolute atomic E-state index is 0. The van der Waals surface area contributed by atoms with Gasteiger partial charge in [0, 0.05) is 67.1 Å². The fraction of sp³-hybridized carbons (Fsp3) is 0.529. The van der Waals surface area contributed by atoms with Crippen LogP contribution in [0.4, 0.5) is 0 Å². The quantitative estimate of drug-likeness (QED) is 0.241. The average molecular weight is 444 g/mol. The van der Waals surface area contributed by atoms with Crippen molar-refractivity contribution in [3.63, 3.8) is 0 Å². The number of carboxylic acid groups (broad SMARTS) is 1. The van der Waals surface area contributed by atoms with Crippen molar-refractivity contribution in [3.05, 3.63) is 35.9 Å². The first-order valence-electron chi connectivity index (χ1n) is 7.88. The predicted octanol–water partition coefficient (Wildman–Crippen LogP) is 2.59. The first-order valence-corrected chi connectivity index (χ1v) is 9.03. The zero-order valence-electron chi connectivity index (χ0n) is 14.9. The number of carboxylic acids is 1. The van der Waals surface area contributed by atoms with E-state index in [4.69, 9.17) is 0 Å². The zero-order chi connectivity index (χ0) is 17.1. The summed E-state index contributed by atoms with van der Waals surface area (Å²) >= 11 is 8.61. The Morgan fingerprint density at radius 3 is 2.32 bits per heavy atom. The van der Waals surface area contributed by atoms with Gasteiger partial charge in [-0.3, -0.25) is 4.79 Å². The number of benzene rings is 1. The molecule has 131 valence electrons. The topological polar surface area (TPSA) is 66.4 Å². The van der Waals surface area contributed by atoms with Gasteiger partial charge in [-0.05, 0) is 30.6 Å². The predicted molar refractivity (Wildman–Crippen MR) is 105 cm³/mol. The standard InChI is InChI=1S/C17H25NO3S2.Na.Zn/c19-16(9-5-4-8-14(23)10-11-22)18-15(17(20)21)12-13-6-2-1-3-7-13;;/h1-3,6-7,14-15,22-23H,4-5,8-12H2,(H,18,19)(H,20,21);;/t14?,15-;;/m0../s1. The molecule has 1 unspecified atom stereocenters. The van der Waals surface area contributed by atoms with Gasteiger partial charge in [0.25, 0.3) is 0 Å². The molecule has 8 heteroatoms. The van der Waals surface area contributed by atoms with Gasteiger partial charge in [-0.2, -0.15) is 25.3 Å². The summed E-state index contributed by atoms with van der Waals surface area (Å²) in [5.74, 6) is -0.404. The van der Waals surface area contributed by atoms with Crippen molar-refractivity contribution in [3.8, 4) is 0 Å². The van der Waals surface area contributed by atoms with Crippen LogP contribution in [-0.4, -0.2) is 63.6 Å². The molecule has 0 aromatic heterocycles. The fourth-order valence-electron chi connectivity index (χ4n) is 2.28. The summed E-state index contributed by atoms with van der Waals surface area (Å²) in [6.45, 7) is 0. The van der Waals surface area contributed by atoms with Gasteiger partial charge in [-0.15, -0.1) is 0 Å². The van der Waals surface area contributed by atoms with E-state index in [1.165, 1.54) is 0 Å². The second-order valence-electron chi connectivity index (χ2n) is 5.56.